The van der Waals surface area contributed by atoms with Crippen LogP contribution in [0.25, 0.3) is 87.2 Å². The topological polar surface area (TPSA) is 68.7 Å². The minimum Gasteiger partial charge on any atom is -0.268 e. The predicted molar refractivity (Wildman–Crippen MR) is 177 cm³/mol. The number of hydrogen-bond acceptors (Lipinski definition) is 4. The van der Waals surface area contributed by atoms with Gasteiger partial charge in [-0.1, -0.05) is 48.5 Å². The Bertz CT molecular complexity index is 2920. The fraction of sp³-hybridized carbons (Fsp3) is 0. The number of nitrogens with zero attached hydrogens (tertiary/aromatic N) is 4. The zero-order valence-electron chi connectivity index (χ0n) is 21.4. The van der Waals surface area contributed by atoms with Crippen molar-refractivity contribution in [3.8, 4) is 0 Å². The van der Waals surface area contributed by atoms with Crippen LogP contribution in [0.3, 0.4) is 0 Å². The van der Waals surface area contributed by atoms with Crippen LogP contribution in [0.1, 0.15) is 0 Å². The summed E-state index contributed by atoms with van der Waals surface area (Å²) in [6, 6.07) is 27.7. The molecule has 0 aliphatic heterocycles. The van der Waals surface area contributed by atoms with Crippen LogP contribution in [0, 0.1) is 0 Å². The Kier molecular flexibility index (Phi) is 4.15. The molecule has 0 atom stereocenters. The number of fused-ring (bicyclic) bond motifs is 6. The molecule has 0 radical (unpaired) electrons. The number of hydrogen-bond donors (Lipinski definition) is 0. The number of pyridine rings is 2. The summed E-state index contributed by atoms with van der Waals surface area (Å²) in [5, 5.41) is 7.91. The highest BCUT2D eigenvalue weighted by molar-refractivity contribution is 9.11. The first kappa shape index (κ1) is 23.0. The summed E-state index contributed by atoms with van der Waals surface area (Å²) in [6.45, 7) is 0. The van der Waals surface area contributed by atoms with E-state index in [0.29, 0.717) is 37.3 Å². The van der Waals surface area contributed by atoms with Gasteiger partial charge in [0.25, 0.3) is 11.1 Å². The molecular formula is C34H14Br2N4O2. The molecule has 6 nitrogen and oxygen atoms in total. The first-order chi connectivity index (χ1) is 20.5. The van der Waals surface area contributed by atoms with Crippen LogP contribution in [0.5, 0.6) is 0 Å². The summed E-state index contributed by atoms with van der Waals surface area (Å²) in [5.41, 5.74) is 3.92. The van der Waals surface area contributed by atoms with E-state index in [-0.39, 0.29) is 11.1 Å². The van der Waals surface area contributed by atoms with Crippen LogP contribution < -0.4 is 11.1 Å². The highest BCUT2D eigenvalue weighted by Crippen LogP contribution is 2.43. The second-order valence-electron chi connectivity index (χ2n) is 10.8. The lowest BCUT2D eigenvalue weighted by Crippen LogP contribution is -2.20. The maximum absolute atomic E-state index is 14.5. The standard InChI is InChI=1S/C34H14Br2N4O2/c35-19-13-17-27-28-18(33(41)40-24-12-4-8-16-6-2-10-22(26(16)24)38-32(40)29(19)28)14-20(36)30(27)34(42)39-23-11-3-7-15-5-1-9-21(25(15)23)37-31(17)39/h1-14H. The molecule has 0 saturated heterocycles. The maximum Gasteiger partial charge on any atom is 0.265 e. The fourth-order valence-electron chi connectivity index (χ4n) is 7.05. The second kappa shape index (κ2) is 7.59. The molecule has 6 aromatic carbocycles. The molecule has 0 N–H and O–H groups in total. The monoisotopic (exact) mass is 668 g/mol. The largest absolute Gasteiger partial charge is 0.268 e. The van der Waals surface area contributed by atoms with Gasteiger partial charge >= 0.3 is 0 Å². The van der Waals surface area contributed by atoms with E-state index in [2.05, 4.69) is 31.9 Å². The first-order valence-electron chi connectivity index (χ1n) is 13.4. The molecule has 4 aromatic heterocycles. The molecule has 4 heterocycles. The van der Waals surface area contributed by atoms with Crippen LogP contribution in [0.15, 0.2) is 103 Å². The Morgan fingerprint density at radius 2 is 1.00 bits per heavy atom. The Labute approximate surface area is 251 Å². The van der Waals surface area contributed by atoms with E-state index in [1.807, 2.05) is 78.9 Å². The lowest BCUT2D eigenvalue weighted by Gasteiger charge is -2.19. The van der Waals surface area contributed by atoms with Crippen LogP contribution in [0.4, 0.5) is 0 Å². The van der Waals surface area contributed by atoms with Crippen LogP contribution >= 0.6 is 31.9 Å². The number of rotatable bonds is 0. The lowest BCUT2D eigenvalue weighted by atomic mass is 9.95. The van der Waals surface area contributed by atoms with Crippen LogP contribution in [0.2, 0.25) is 0 Å². The van der Waals surface area contributed by atoms with E-state index in [0.717, 1.165) is 58.9 Å². The van der Waals surface area contributed by atoms with Gasteiger partial charge in [-0.25, -0.2) is 9.97 Å². The highest BCUT2D eigenvalue weighted by Gasteiger charge is 2.25. The molecule has 0 bridgehead atoms. The van der Waals surface area contributed by atoms with Gasteiger partial charge < -0.3 is 0 Å². The van der Waals surface area contributed by atoms with E-state index in [1.165, 1.54) is 0 Å². The van der Waals surface area contributed by atoms with E-state index in [4.69, 9.17) is 9.97 Å². The van der Waals surface area contributed by atoms with E-state index < -0.39 is 0 Å². The molecule has 196 valence electrons. The molecule has 8 heteroatoms. The average molecular weight is 670 g/mol. The second-order valence-corrected chi connectivity index (χ2v) is 12.5. The van der Waals surface area contributed by atoms with Crippen molar-refractivity contribution < 1.29 is 0 Å². The van der Waals surface area contributed by atoms with Crippen molar-refractivity contribution in [2.45, 2.75) is 0 Å². The number of benzene rings is 6. The summed E-state index contributed by atoms with van der Waals surface area (Å²) in [4.78, 5) is 39.0. The van der Waals surface area contributed by atoms with Crippen molar-refractivity contribution in [3.05, 3.63) is 115 Å². The van der Waals surface area contributed by atoms with Gasteiger partial charge in [-0.3, -0.25) is 18.4 Å². The summed E-state index contributed by atoms with van der Waals surface area (Å²) < 4.78 is 4.76. The Morgan fingerprint density at radius 3 is 1.64 bits per heavy atom. The molecule has 0 fully saturated rings. The predicted octanol–water partition coefficient (Wildman–Crippen LogP) is 8.18. The maximum atomic E-state index is 14.5. The third-order valence-corrected chi connectivity index (χ3v) is 9.95. The van der Waals surface area contributed by atoms with Crippen molar-refractivity contribution in [1.29, 1.82) is 0 Å². The smallest absolute Gasteiger partial charge is 0.265 e. The van der Waals surface area contributed by atoms with Gasteiger partial charge in [-0.05, 0) is 79.0 Å². The Hall–Kier alpha value is -4.66. The molecule has 42 heavy (non-hydrogen) atoms. The Morgan fingerprint density at radius 1 is 0.500 bits per heavy atom. The van der Waals surface area contributed by atoms with E-state index >= 15 is 0 Å². The van der Waals surface area contributed by atoms with Crippen molar-refractivity contribution in [3.63, 3.8) is 0 Å². The van der Waals surface area contributed by atoms with Crippen LogP contribution in [-0.2, 0) is 0 Å². The number of halogens is 2. The van der Waals surface area contributed by atoms with E-state index in [9.17, 15) is 9.59 Å². The molecule has 0 amide bonds. The normalized spacial score (nSPS) is 12.7. The number of aromatic nitrogens is 4. The zero-order chi connectivity index (χ0) is 28.0. The summed E-state index contributed by atoms with van der Waals surface area (Å²) in [7, 11) is 0. The van der Waals surface area contributed by atoms with Crippen molar-refractivity contribution >= 4 is 119 Å². The molecule has 0 aliphatic carbocycles. The molecule has 0 saturated carbocycles. The van der Waals surface area contributed by atoms with Gasteiger partial charge in [0, 0.05) is 41.3 Å². The summed E-state index contributed by atoms with van der Waals surface area (Å²) in [5.74, 6) is 0. The minimum absolute atomic E-state index is 0.185. The summed E-state index contributed by atoms with van der Waals surface area (Å²) >= 11 is 7.57. The first-order valence-corrected chi connectivity index (χ1v) is 15.0. The van der Waals surface area contributed by atoms with Gasteiger partial charge in [-0.2, -0.15) is 0 Å². The zero-order valence-corrected chi connectivity index (χ0v) is 24.6. The molecule has 0 unspecified atom stereocenters. The highest BCUT2D eigenvalue weighted by atomic mass is 79.9. The molecule has 0 spiro atoms. The third-order valence-electron chi connectivity index (χ3n) is 8.70. The van der Waals surface area contributed by atoms with Crippen molar-refractivity contribution in [2.24, 2.45) is 0 Å². The molecular weight excluding hydrogens is 656 g/mol. The van der Waals surface area contributed by atoms with Crippen molar-refractivity contribution in [1.82, 2.24) is 18.8 Å². The van der Waals surface area contributed by atoms with Gasteiger partial charge in [0.2, 0.25) is 0 Å². The average Bonchev–Trinajstić information content (AvgIpc) is 2.99. The van der Waals surface area contributed by atoms with Gasteiger partial charge in [-0.15, -0.1) is 0 Å². The van der Waals surface area contributed by atoms with Gasteiger partial charge in [0.05, 0.1) is 32.8 Å². The lowest BCUT2D eigenvalue weighted by molar-refractivity contribution is 1.14. The van der Waals surface area contributed by atoms with Crippen LogP contribution in [-0.4, -0.2) is 18.8 Å². The Balaban J connectivity index is 1.55. The fourth-order valence-corrected chi connectivity index (χ4v) is 8.25. The third kappa shape index (κ3) is 2.57. The molecule has 0 aliphatic rings. The summed E-state index contributed by atoms with van der Waals surface area (Å²) in [6.07, 6.45) is 0. The SMILES string of the molecule is O=c1c2c(Br)cc3c(=O)n4c5cccc6cccc(nc4c4c(Br)cc(c2c34)c2nc3cccc4cccc(c43)n12)c65. The van der Waals surface area contributed by atoms with Gasteiger partial charge in [0.1, 0.15) is 11.3 Å². The molecule has 10 aromatic rings. The van der Waals surface area contributed by atoms with E-state index in [1.54, 1.807) is 14.9 Å². The van der Waals surface area contributed by atoms with Gasteiger partial charge in [0.15, 0.2) is 0 Å². The molecule has 10 rings (SSSR count). The quantitative estimate of drug-likeness (QED) is 0.121. The minimum atomic E-state index is -0.189. The van der Waals surface area contributed by atoms with Crippen molar-refractivity contribution in [2.75, 3.05) is 0 Å².